The summed E-state index contributed by atoms with van der Waals surface area (Å²) in [5.41, 5.74) is 1.38. The van der Waals surface area contributed by atoms with Crippen LogP contribution in [0, 0.1) is 0 Å². The van der Waals surface area contributed by atoms with E-state index < -0.39 is 12.8 Å². The van der Waals surface area contributed by atoms with Crippen molar-refractivity contribution in [3.05, 3.63) is 65.4 Å². The van der Waals surface area contributed by atoms with Gasteiger partial charge in [-0.1, -0.05) is 23.7 Å². The number of likely N-dealkylation sites (tertiary alicyclic amines) is 1. The number of halogens is 2. The van der Waals surface area contributed by atoms with Gasteiger partial charge in [0.25, 0.3) is 0 Å². The molecule has 0 bridgehead atoms. The summed E-state index contributed by atoms with van der Waals surface area (Å²) in [7, 11) is -2.48. The van der Waals surface area contributed by atoms with Gasteiger partial charge in [-0.05, 0) is 75.9 Å². The molecule has 3 heterocycles. The van der Waals surface area contributed by atoms with Gasteiger partial charge >= 0.3 is 0 Å². The largest absolute Gasteiger partial charge is 0.354 e. The molecular formula is C26H32ClFN5OP. The molecule has 1 aromatic carbocycles. The Morgan fingerprint density at radius 3 is 2.60 bits per heavy atom. The molecule has 1 fully saturated rings. The summed E-state index contributed by atoms with van der Waals surface area (Å²) in [6.45, 7) is 8.91. The number of aromatic nitrogens is 2. The van der Waals surface area contributed by atoms with Gasteiger partial charge < -0.3 is 15.2 Å². The first-order valence-corrected chi connectivity index (χ1v) is 14.7. The number of anilines is 4. The third kappa shape index (κ3) is 6.81. The Hall–Kier alpha value is -2.47. The molecule has 2 N–H and O–H groups in total. The molecule has 1 saturated heterocycles. The zero-order chi connectivity index (χ0) is 25.2. The molecule has 1 aliphatic rings. The zero-order valence-corrected chi connectivity index (χ0v) is 22.2. The molecule has 35 heavy (non-hydrogen) atoms. The molecule has 0 aliphatic carbocycles. The van der Waals surface area contributed by atoms with Crippen molar-refractivity contribution in [2.75, 3.05) is 43.6 Å². The molecule has 6 nitrogen and oxygen atoms in total. The lowest BCUT2D eigenvalue weighted by Gasteiger charge is -2.23. The van der Waals surface area contributed by atoms with E-state index in [-0.39, 0.29) is 0 Å². The minimum atomic E-state index is -2.48. The molecule has 1 atom stereocenters. The fraction of sp³-hybridized carbons (Fsp3) is 0.385. The highest BCUT2D eigenvalue weighted by molar-refractivity contribution is 7.70. The summed E-state index contributed by atoms with van der Waals surface area (Å²) in [5, 5.41) is 7.80. The van der Waals surface area contributed by atoms with Crippen LogP contribution >= 0.6 is 18.7 Å². The van der Waals surface area contributed by atoms with Crippen molar-refractivity contribution < 1.29 is 8.96 Å². The molecule has 4 rings (SSSR count). The molecule has 9 heteroatoms. The van der Waals surface area contributed by atoms with Gasteiger partial charge in [0.05, 0.1) is 16.9 Å². The van der Waals surface area contributed by atoms with Crippen molar-refractivity contribution in [1.29, 1.82) is 0 Å². The lowest BCUT2D eigenvalue weighted by molar-refractivity contribution is 0.142. The van der Waals surface area contributed by atoms with E-state index in [0.29, 0.717) is 34.8 Å². The number of nitrogens with zero attached hydrogens (tertiary/aromatic N) is 3. The second-order valence-electron chi connectivity index (χ2n) is 10.1. The normalized spacial score (nSPS) is 16.9. The topological polar surface area (TPSA) is 70.2 Å². The summed E-state index contributed by atoms with van der Waals surface area (Å²) in [5.74, 6) is 1.61. The van der Waals surface area contributed by atoms with Crippen LogP contribution in [0.5, 0.6) is 0 Å². The van der Waals surface area contributed by atoms with E-state index in [2.05, 4.69) is 25.5 Å². The monoisotopic (exact) mass is 515 g/mol. The molecule has 186 valence electrons. The summed E-state index contributed by atoms with van der Waals surface area (Å²) in [6, 6.07) is 13.4. The number of rotatable bonds is 8. The summed E-state index contributed by atoms with van der Waals surface area (Å²) < 4.78 is 26.8. The average Bonchev–Trinajstić information content (AvgIpc) is 3.23. The minimum absolute atomic E-state index is 0.339. The quantitative estimate of drug-likeness (QED) is 0.338. The van der Waals surface area contributed by atoms with Crippen LogP contribution < -0.4 is 15.9 Å². The number of alkyl halides is 1. The second kappa shape index (κ2) is 10.3. The average molecular weight is 516 g/mol. The predicted molar refractivity (Wildman–Crippen MR) is 145 cm³/mol. The fourth-order valence-electron chi connectivity index (χ4n) is 4.48. The van der Waals surface area contributed by atoms with Gasteiger partial charge in [-0.2, -0.15) is 0 Å². The number of hydrogen-bond acceptors (Lipinski definition) is 6. The Balaban J connectivity index is 1.50. The molecule has 0 spiro atoms. The lowest BCUT2D eigenvalue weighted by atomic mass is 9.99. The van der Waals surface area contributed by atoms with Crippen molar-refractivity contribution >= 4 is 47.1 Å². The molecule has 0 radical (unpaired) electrons. The first kappa shape index (κ1) is 25.6. The van der Waals surface area contributed by atoms with Gasteiger partial charge in [-0.15, -0.1) is 0 Å². The molecular weight excluding hydrogens is 484 g/mol. The van der Waals surface area contributed by atoms with Crippen molar-refractivity contribution in [3.8, 4) is 0 Å². The van der Waals surface area contributed by atoms with Crippen LogP contribution in [-0.4, -0.2) is 53.5 Å². The van der Waals surface area contributed by atoms with Gasteiger partial charge in [0, 0.05) is 36.3 Å². The zero-order valence-electron chi connectivity index (χ0n) is 20.6. The Kier molecular flexibility index (Phi) is 7.51. The molecule has 0 saturated carbocycles. The Morgan fingerprint density at radius 1 is 1.11 bits per heavy atom. The highest BCUT2D eigenvalue weighted by Crippen LogP contribution is 2.39. The van der Waals surface area contributed by atoms with Crippen molar-refractivity contribution in [2.45, 2.75) is 31.9 Å². The minimum Gasteiger partial charge on any atom is -0.354 e. The molecule has 1 aliphatic heterocycles. The van der Waals surface area contributed by atoms with E-state index in [4.69, 9.17) is 11.6 Å². The fourth-order valence-corrected chi connectivity index (χ4v) is 5.78. The molecule has 2 aromatic heterocycles. The van der Waals surface area contributed by atoms with Crippen LogP contribution in [0.3, 0.4) is 0 Å². The van der Waals surface area contributed by atoms with Gasteiger partial charge in [0.2, 0.25) is 0 Å². The lowest BCUT2D eigenvalue weighted by Crippen LogP contribution is -2.34. The standard InChI is InChI=1S/C26H32ClFN5OP/c1-26(2,28)17-33-12-10-19(16-33)18-9-11-29-24(13-18)32-25-14-22(20(27)15-30-25)31-21-7-5-6-8-23(21)35(3,4)34/h5-9,11,13-15,19H,10,12,16-17H2,1-4H3,(H2,29,30,31,32). The SMILES string of the molecule is CC(C)(F)CN1CCC(c2ccnc(Nc3cc(Nc4ccccc4P(C)(C)=O)c(Cl)cn3)c2)C1. The van der Waals surface area contributed by atoms with Gasteiger partial charge in [-0.3, -0.25) is 4.90 Å². The number of hydrogen-bond donors (Lipinski definition) is 2. The highest BCUT2D eigenvalue weighted by Gasteiger charge is 2.28. The van der Waals surface area contributed by atoms with E-state index in [1.165, 1.54) is 5.56 Å². The second-order valence-corrected chi connectivity index (χ2v) is 13.7. The first-order valence-electron chi connectivity index (χ1n) is 11.7. The molecule has 3 aromatic rings. The Bertz CT molecular complexity index is 1240. The van der Waals surface area contributed by atoms with Crippen LogP contribution in [0.2, 0.25) is 5.02 Å². The third-order valence-electron chi connectivity index (χ3n) is 5.99. The van der Waals surface area contributed by atoms with Gasteiger partial charge in [0.15, 0.2) is 0 Å². The number of pyridine rings is 2. The number of nitrogens with one attached hydrogen (secondary N) is 2. The first-order chi connectivity index (χ1) is 16.5. The smallest absolute Gasteiger partial charge is 0.133 e. The maximum absolute atomic E-state index is 14.1. The Labute approximate surface area is 211 Å². The summed E-state index contributed by atoms with van der Waals surface area (Å²) in [6.07, 6.45) is 4.35. The van der Waals surface area contributed by atoms with Crippen molar-refractivity contribution in [1.82, 2.24) is 14.9 Å². The number of para-hydroxylation sites is 1. The summed E-state index contributed by atoms with van der Waals surface area (Å²) in [4.78, 5) is 11.0. The van der Waals surface area contributed by atoms with Crippen LogP contribution in [0.15, 0.2) is 54.9 Å². The van der Waals surface area contributed by atoms with E-state index in [9.17, 15) is 8.96 Å². The van der Waals surface area contributed by atoms with Gasteiger partial charge in [0.1, 0.15) is 24.4 Å². The van der Waals surface area contributed by atoms with E-state index in [0.717, 1.165) is 30.5 Å². The maximum atomic E-state index is 14.1. The summed E-state index contributed by atoms with van der Waals surface area (Å²) >= 11 is 6.42. The van der Waals surface area contributed by atoms with Crippen LogP contribution in [0.1, 0.15) is 31.7 Å². The molecule has 1 unspecified atom stereocenters. The van der Waals surface area contributed by atoms with Crippen LogP contribution in [0.25, 0.3) is 0 Å². The maximum Gasteiger partial charge on any atom is 0.133 e. The van der Waals surface area contributed by atoms with E-state index in [1.807, 2.05) is 42.5 Å². The predicted octanol–water partition coefficient (Wildman–Crippen LogP) is 6.40. The number of benzene rings is 1. The van der Waals surface area contributed by atoms with Crippen molar-refractivity contribution in [2.24, 2.45) is 0 Å². The van der Waals surface area contributed by atoms with Crippen molar-refractivity contribution in [3.63, 3.8) is 0 Å². The third-order valence-corrected chi connectivity index (χ3v) is 7.84. The van der Waals surface area contributed by atoms with E-state index in [1.54, 1.807) is 39.6 Å². The van der Waals surface area contributed by atoms with Gasteiger partial charge in [-0.25, -0.2) is 14.4 Å². The molecule has 0 amide bonds. The Morgan fingerprint density at radius 2 is 1.86 bits per heavy atom. The van der Waals surface area contributed by atoms with Crippen LogP contribution in [0.4, 0.5) is 27.4 Å². The van der Waals surface area contributed by atoms with Crippen LogP contribution in [-0.2, 0) is 4.57 Å². The highest BCUT2D eigenvalue weighted by atomic mass is 35.5. The van der Waals surface area contributed by atoms with E-state index >= 15 is 0 Å².